The Morgan fingerprint density at radius 3 is 2.88 bits per heavy atom. The molecule has 96 valence electrons. The van der Waals surface area contributed by atoms with Crippen LogP contribution in [0.2, 0.25) is 0 Å². The minimum atomic E-state index is 0.990. The highest BCUT2D eigenvalue weighted by atomic mass is 79.9. The molecule has 1 aliphatic heterocycles. The lowest BCUT2D eigenvalue weighted by Crippen LogP contribution is -2.26. The van der Waals surface area contributed by atoms with Gasteiger partial charge in [0.05, 0.1) is 15.9 Å². The molecule has 0 spiro atoms. The van der Waals surface area contributed by atoms with E-state index in [0.717, 1.165) is 13.0 Å². The molecule has 3 nitrogen and oxygen atoms in total. The van der Waals surface area contributed by atoms with Gasteiger partial charge in [0, 0.05) is 25.9 Å². The lowest BCUT2D eigenvalue weighted by molar-refractivity contribution is 0.279. The van der Waals surface area contributed by atoms with Crippen LogP contribution >= 0.6 is 27.7 Å². The Morgan fingerprint density at radius 1 is 1.35 bits per heavy atom. The van der Waals surface area contributed by atoms with Gasteiger partial charge in [-0.25, -0.2) is 0 Å². The molecule has 1 fully saturated rings. The van der Waals surface area contributed by atoms with Crippen molar-refractivity contribution in [2.75, 3.05) is 24.6 Å². The summed E-state index contributed by atoms with van der Waals surface area (Å²) in [6.07, 6.45) is 2.30. The van der Waals surface area contributed by atoms with E-state index in [9.17, 15) is 0 Å². The van der Waals surface area contributed by atoms with Gasteiger partial charge in [-0.3, -0.25) is 9.58 Å². The molecule has 2 heterocycles. The normalized spacial score (nSPS) is 18.3. The van der Waals surface area contributed by atoms with Crippen molar-refractivity contribution in [1.82, 2.24) is 14.7 Å². The predicted molar refractivity (Wildman–Crippen MR) is 77.5 cm³/mol. The fourth-order valence-corrected chi connectivity index (χ4v) is 3.83. The zero-order chi connectivity index (χ0) is 12.3. The average Bonchev–Trinajstić information content (AvgIpc) is 2.53. The van der Waals surface area contributed by atoms with Gasteiger partial charge in [-0.1, -0.05) is 6.92 Å². The molecule has 0 N–H and O–H groups in total. The fourth-order valence-electron chi connectivity index (χ4n) is 2.16. The highest BCUT2D eigenvalue weighted by Gasteiger charge is 2.16. The van der Waals surface area contributed by atoms with Crippen LogP contribution in [-0.4, -0.2) is 39.3 Å². The molecule has 0 saturated carbocycles. The maximum Gasteiger partial charge on any atom is 0.0767 e. The van der Waals surface area contributed by atoms with Crippen LogP contribution in [0, 0.1) is 0 Å². The van der Waals surface area contributed by atoms with E-state index in [4.69, 9.17) is 0 Å². The van der Waals surface area contributed by atoms with Crippen molar-refractivity contribution in [3.8, 4) is 0 Å². The zero-order valence-electron chi connectivity index (χ0n) is 10.6. The number of halogens is 1. The summed E-state index contributed by atoms with van der Waals surface area (Å²) in [5.41, 5.74) is 2.49. The zero-order valence-corrected chi connectivity index (χ0v) is 13.0. The maximum absolute atomic E-state index is 4.56. The summed E-state index contributed by atoms with van der Waals surface area (Å²) in [5.74, 6) is 2.57. The first-order valence-corrected chi connectivity index (χ1v) is 8.17. The summed E-state index contributed by atoms with van der Waals surface area (Å²) in [5, 5.41) is 4.56. The lowest BCUT2D eigenvalue weighted by atomic mass is 10.3. The molecule has 0 aromatic carbocycles. The van der Waals surface area contributed by atoms with E-state index in [2.05, 4.69) is 44.6 Å². The van der Waals surface area contributed by atoms with Crippen LogP contribution in [-0.2, 0) is 20.0 Å². The van der Waals surface area contributed by atoms with Gasteiger partial charge in [-0.2, -0.15) is 16.9 Å². The molecule has 1 aliphatic rings. The van der Waals surface area contributed by atoms with E-state index >= 15 is 0 Å². The Bertz CT molecular complexity index is 370. The second kappa shape index (κ2) is 6.25. The average molecular weight is 318 g/mol. The Hall–Kier alpha value is -0.000000000000000111. The van der Waals surface area contributed by atoms with Crippen molar-refractivity contribution < 1.29 is 0 Å². The van der Waals surface area contributed by atoms with E-state index in [-0.39, 0.29) is 0 Å². The molecule has 1 aromatic heterocycles. The first-order valence-electron chi connectivity index (χ1n) is 6.22. The lowest BCUT2D eigenvalue weighted by Gasteiger charge is -2.19. The van der Waals surface area contributed by atoms with Crippen LogP contribution < -0.4 is 0 Å². The molecule has 0 unspecified atom stereocenters. The topological polar surface area (TPSA) is 21.1 Å². The molecule has 0 aliphatic carbocycles. The summed E-state index contributed by atoms with van der Waals surface area (Å²) in [6, 6.07) is 0. The van der Waals surface area contributed by atoms with E-state index in [1.54, 1.807) is 0 Å². The third-order valence-electron chi connectivity index (χ3n) is 3.19. The minimum Gasteiger partial charge on any atom is -0.297 e. The summed E-state index contributed by atoms with van der Waals surface area (Å²) >= 11 is 5.77. The van der Waals surface area contributed by atoms with E-state index in [1.807, 2.05) is 11.7 Å². The Balaban J connectivity index is 2.09. The fraction of sp³-hybridized carbons (Fsp3) is 0.750. The Kier molecular flexibility index (Phi) is 4.94. The Labute approximate surface area is 116 Å². The smallest absolute Gasteiger partial charge is 0.0767 e. The van der Waals surface area contributed by atoms with Crippen molar-refractivity contribution in [3.63, 3.8) is 0 Å². The van der Waals surface area contributed by atoms with Crippen LogP contribution in [0.15, 0.2) is 4.47 Å². The molecule has 0 atom stereocenters. The molecule has 17 heavy (non-hydrogen) atoms. The predicted octanol–water partition coefficient (Wildman–Crippen LogP) is 2.68. The highest BCUT2D eigenvalue weighted by molar-refractivity contribution is 9.10. The van der Waals surface area contributed by atoms with Crippen LogP contribution in [0.25, 0.3) is 0 Å². The summed E-state index contributed by atoms with van der Waals surface area (Å²) in [7, 11) is 2.05. The molecule has 0 bridgehead atoms. The second-order valence-corrected chi connectivity index (χ2v) is 6.44. The quantitative estimate of drug-likeness (QED) is 0.855. The van der Waals surface area contributed by atoms with E-state index in [1.165, 1.54) is 46.9 Å². The van der Waals surface area contributed by atoms with Crippen LogP contribution in [0.5, 0.6) is 0 Å². The molecule has 0 radical (unpaired) electrons. The SMILES string of the molecule is CCc1nn(C)c(CN2CCCSCC2)c1Br. The minimum absolute atomic E-state index is 0.990. The van der Waals surface area contributed by atoms with Crippen molar-refractivity contribution in [2.24, 2.45) is 7.05 Å². The molecule has 1 aromatic rings. The maximum atomic E-state index is 4.56. The van der Waals surface area contributed by atoms with E-state index in [0.29, 0.717) is 0 Å². The van der Waals surface area contributed by atoms with Crippen LogP contribution in [0.4, 0.5) is 0 Å². The summed E-state index contributed by atoms with van der Waals surface area (Å²) in [6.45, 7) is 5.58. The van der Waals surface area contributed by atoms with Crippen molar-refractivity contribution in [2.45, 2.75) is 26.3 Å². The van der Waals surface area contributed by atoms with Crippen molar-refractivity contribution in [1.29, 1.82) is 0 Å². The number of aromatic nitrogens is 2. The third-order valence-corrected chi connectivity index (χ3v) is 5.16. The molecule has 2 rings (SSSR count). The van der Waals surface area contributed by atoms with Gasteiger partial charge in [-0.05, 0) is 41.1 Å². The highest BCUT2D eigenvalue weighted by Crippen LogP contribution is 2.23. The van der Waals surface area contributed by atoms with Crippen molar-refractivity contribution in [3.05, 3.63) is 15.9 Å². The van der Waals surface area contributed by atoms with Gasteiger partial charge in [-0.15, -0.1) is 0 Å². The first kappa shape index (κ1) is 13.4. The number of hydrogen-bond donors (Lipinski definition) is 0. The van der Waals surface area contributed by atoms with E-state index < -0.39 is 0 Å². The number of hydrogen-bond acceptors (Lipinski definition) is 3. The first-order chi connectivity index (χ1) is 8.22. The summed E-state index contributed by atoms with van der Waals surface area (Å²) < 4.78 is 3.24. The van der Waals surface area contributed by atoms with Crippen LogP contribution in [0.3, 0.4) is 0 Å². The molecular formula is C12H20BrN3S. The number of nitrogens with zero attached hydrogens (tertiary/aromatic N) is 3. The van der Waals surface area contributed by atoms with Crippen LogP contribution in [0.1, 0.15) is 24.7 Å². The monoisotopic (exact) mass is 317 g/mol. The third kappa shape index (κ3) is 3.26. The second-order valence-electron chi connectivity index (χ2n) is 4.43. The van der Waals surface area contributed by atoms with Gasteiger partial charge >= 0.3 is 0 Å². The molecule has 0 amide bonds. The van der Waals surface area contributed by atoms with Gasteiger partial charge in [0.2, 0.25) is 0 Å². The Morgan fingerprint density at radius 2 is 2.18 bits per heavy atom. The molecule has 1 saturated heterocycles. The number of rotatable bonds is 3. The molecular weight excluding hydrogens is 298 g/mol. The van der Waals surface area contributed by atoms with Gasteiger partial charge in [0.25, 0.3) is 0 Å². The van der Waals surface area contributed by atoms with Crippen molar-refractivity contribution >= 4 is 27.7 Å². The van der Waals surface area contributed by atoms with Gasteiger partial charge in [0.1, 0.15) is 0 Å². The molecule has 5 heteroatoms. The van der Waals surface area contributed by atoms with Gasteiger partial charge in [0.15, 0.2) is 0 Å². The summed E-state index contributed by atoms with van der Waals surface area (Å²) in [4.78, 5) is 2.54. The largest absolute Gasteiger partial charge is 0.297 e. The standard InChI is InChI=1S/C12H20BrN3S/c1-3-10-12(13)11(15(2)14-10)9-16-5-4-7-17-8-6-16/h3-9H2,1-2H3. The van der Waals surface area contributed by atoms with Gasteiger partial charge < -0.3 is 0 Å². The number of aryl methyl sites for hydroxylation is 2. The number of thioether (sulfide) groups is 1.